The normalized spacial score (nSPS) is 33.2. The number of ether oxygens (including phenoxy) is 1. The second-order valence-corrected chi connectivity index (χ2v) is 2.50. The monoisotopic (exact) mass is 143 g/mol. The zero-order chi connectivity index (χ0) is 7.40. The average molecular weight is 143 g/mol. The molecule has 0 saturated carbocycles. The zero-order valence-corrected chi connectivity index (χ0v) is 5.72. The Balaban J connectivity index is 2.34. The SMILES string of the molecule is N#CC[C@@H]1CCOC[C@H]1F. The summed E-state index contributed by atoms with van der Waals surface area (Å²) in [5, 5.41) is 8.28. The molecule has 2 nitrogen and oxygen atoms in total. The van der Waals surface area contributed by atoms with Crippen molar-refractivity contribution in [2.45, 2.75) is 19.0 Å². The zero-order valence-electron chi connectivity index (χ0n) is 5.72. The molecule has 0 unspecified atom stereocenters. The Morgan fingerprint density at radius 3 is 3.10 bits per heavy atom. The summed E-state index contributed by atoms with van der Waals surface area (Å²) in [6.07, 6.45) is 0.0904. The van der Waals surface area contributed by atoms with Crippen molar-refractivity contribution in [1.82, 2.24) is 0 Å². The highest BCUT2D eigenvalue weighted by Gasteiger charge is 2.24. The highest BCUT2D eigenvalue weighted by Crippen LogP contribution is 2.20. The van der Waals surface area contributed by atoms with Crippen molar-refractivity contribution in [3.63, 3.8) is 0 Å². The first-order chi connectivity index (χ1) is 4.84. The van der Waals surface area contributed by atoms with Gasteiger partial charge in [-0.3, -0.25) is 0 Å². The van der Waals surface area contributed by atoms with E-state index >= 15 is 0 Å². The van der Waals surface area contributed by atoms with E-state index in [1.54, 1.807) is 0 Å². The number of alkyl halides is 1. The maximum absolute atomic E-state index is 12.8. The van der Waals surface area contributed by atoms with Crippen molar-refractivity contribution >= 4 is 0 Å². The fraction of sp³-hybridized carbons (Fsp3) is 0.857. The third-order valence-electron chi connectivity index (χ3n) is 1.78. The van der Waals surface area contributed by atoms with E-state index in [-0.39, 0.29) is 12.5 Å². The lowest BCUT2D eigenvalue weighted by atomic mass is 9.96. The van der Waals surface area contributed by atoms with Crippen LogP contribution in [0.1, 0.15) is 12.8 Å². The van der Waals surface area contributed by atoms with Crippen LogP contribution < -0.4 is 0 Å². The molecule has 1 saturated heterocycles. The van der Waals surface area contributed by atoms with Gasteiger partial charge in [0.15, 0.2) is 0 Å². The van der Waals surface area contributed by atoms with Crippen LogP contribution in [0.2, 0.25) is 0 Å². The van der Waals surface area contributed by atoms with E-state index in [0.29, 0.717) is 19.4 Å². The molecule has 1 fully saturated rings. The number of nitriles is 1. The Hall–Kier alpha value is -0.620. The predicted octanol–water partition coefficient (Wildman–Crippen LogP) is 1.27. The van der Waals surface area contributed by atoms with Crippen LogP contribution in [-0.4, -0.2) is 19.4 Å². The highest BCUT2D eigenvalue weighted by molar-refractivity contribution is 4.82. The summed E-state index contributed by atoms with van der Waals surface area (Å²) in [4.78, 5) is 0. The Morgan fingerprint density at radius 2 is 2.50 bits per heavy atom. The molecule has 0 amide bonds. The second-order valence-electron chi connectivity index (χ2n) is 2.50. The van der Waals surface area contributed by atoms with Gasteiger partial charge in [0, 0.05) is 18.9 Å². The molecule has 1 heterocycles. The summed E-state index contributed by atoms with van der Waals surface area (Å²) in [5.41, 5.74) is 0. The average Bonchev–Trinajstić information content (AvgIpc) is 1.94. The lowest BCUT2D eigenvalue weighted by Gasteiger charge is -2.23. The first-order valence-corrected chi connectivity index (χ1v) is 3.43. The quantitative estimate of drug-likeness (QED) is 0.553. The molecule has 0 aliphatic carbocycles. The molecule has 0 radical (unpaired) electrons. The minimum absolute atomic E-state index is 0.0845. The lowest BCUT2D eigenvalue weighted by Crippen LogP contribution is -2.28. The Labute approximate surface area is 59.6 Å². The molecular formula is C7H10FNO. The maximum atomic E-state index is 12.8. The summed E-state index contributed by atoms with van der Waals surface area (Å²) < 4.78 is 17.6. The third-order valence-corrected chi connectivity index (χ3v) is 1.78. The summed E-state index contributed by atoms with van der Waals surface area (Å²) in [7, 11) is 0. The van der Waals surface area contributed by atoms with Gasteiger partial charge in [-0.1, -0.05) is 0 Å². The second kappa shape index (κ2) is 3.52. The summed E-state index contributed by atoms with van der Waals surface area (Å²) in [6, 6.07) is 1.97. The van der Waals surface area contributed by atoms with Crippen molar-refractivity contribution in [3.05, 3.63) is 0 Å². The minimum atomic E-state index is -0.923. The summed E-state index contributed by atoms with van der Waals surface area (Å²) in [6.45, 7) is 0.777. The molecule has 0 aromatic carbocycles. The number of hydrogen-bond acceptors (Lipinski definition) is 2. The van der Waals surface area contributed by atoms with Gasteiger partial charge >= 0.3 is 0 Å². The number of halogens is 1. The van der Waals surface area contributed by atoms with Gasteiger partial charge < -0.3 is 4.74 Å². The van der Waals surface area contributed by atoms with Gasteiger partial charge in [-0.15, -0.1) is 0 Å². The van der Waals surface area contributed by atoms with E-state index in [4.69, 9.17) is 10.00 Å². The standard InChI is InChI=1S/C7H10FNO/c8-7-5-10-4-2-6(7)1-3-9/h6-7H,1-2,4-5H2/t6-,7-/m1/s1. The topological polar surface area (TPSA) is 33.0 Å². The van der Waals surface area contributed by atoms with Crippen LogP contribution >= 0.6 is 0 Å². The fourth-order valence-electron chi connectivity index (χ4n) is 1.09. The van der Waals surface area contributed by atoms with Crippen molar-refractivity contribution in [1.29, 1.82) is 5.26 Å². The van der Waals surface area contributed by atoms with E-state index in [9.17, 15) is 4.39 Å². The molecule has 0 N–H and O–H groups in total. The van der Waals surface area contributed by atoms with Gasteiger partial charge in [0.25, 0.3) is 0 Å². The van der Waals surface area contributed by atoms with Crippen LogP contribution in [0.15, 0.2) is 0 Å². The molecule has 10 heavy (non-hydrogen) atoms. The van der Waals surface area contributed by atoms with Crippen molar-refractivity contribution in [2.24, 2.45) is 5.92 Å². The van der Waals surface area contributed by atoms with Crippen LogP contribution in [0, 0.1) is 17.2 Å². The maximum Gasteiger partial charge on any atom is 0.127 e. The van der Waals surface area contributed by atoms with Gasteiger partial charge in [-0.25, -0.2) is 4.39 Å². The fourth-order valence-corrected chi connectivity index (χ4v) is 1.09. The van der Waals surface area contributed by atoms with Gasteiger partial charge in [0.1, 0.15) is 6.17 Å². The molecule has 1 aliphatic heterocycles. The minimum Gasteiger partial charge on any atom is -0.378 e. The van der Waals surface area contributed by atoms with E-state index in [1.807, 2.05) is 6.07 Å². The Bertz CT molecular complexity index is 143. The molecule has 1 aliphatic rings. The molecule has 56 valence electrons. The largest absolute Gasteiger partial charge is 0.378 e. The predicted molar refractivity (Wildman–Crippen MR) is 34.1 cm³/mol. The third kappa shape index (κ3) is 1.68. The molecule has 0 bridgehead atoms. The van der Waals surface area contributed by atoms with E-state index in [2.05, 4.69) is 0 Å². The first kappa shape index (κ1) is 7.49. The lowest BCUT2D eigenvalue weighted by molar-refractivity contribution is 0.000146. The first-order valence-electron chi connectivity index (χ1n) is 3.43. The Morgan fingerprint density at radius 1 is 1.70 bits per heavy atom. The molecule has 1 rings (SSSR count). The van der Waals surface area contributed by atoms with Crippen molar-refractivity contribution in [3.8, 4) is 6.07 Å². The summed E-state index contributed by atoms with van der Waals surface area (Å²) in [5.74, 6) is -0.0845. The number of hydrogen-bond donors (Lipinski definition) is 0. The Kier molecular flexibility index (Phi) is 2.64. The summed E-state index contributed by atoms with van der Waals surface area (Å²) >= 11 is 0. The van der Waals surface area contributed by atoms with Crippen molar-refractivity contribution in [2.75, 3.05) is 13.2 Å². The molecule has 3 heteroatoms. The van der Waals surface area contributed by atoms with E-state index in [1.165, 1.54) is 0 Å². The molecule has 2 atom stereocenters. The van der Waals surface area contributed by atoms with E-state index < -0.39 is 6.17 Å². The van der Waals surface area contributed by atoms with E-state index in [0.717, 1.165) is 0 Å². The molecule has 0 aromatic heterocycles. The van der Waals surface area contributed by atoms with Crippen LogP contribution in [0.4, 0.5) is 4.39 Å². The van der Waals surface area contributed by atoms with Crippen LogP contribution in [0.5, 0.6) is 0 Å². The molecule has 0 spiro atoms. The van der Waals surface area contributed by atoms with Gasteiger partial charge in [0.05, 0.1) is 12.7 Å². The van der Waals surface area contributed by atoms with Gasteiger partial charge in [-0.2, -0.15) is 5.26 Å². The molecule has 0 aromatic rings. The van der Waals surface area contributed by atoms with Crippen LogP contribution in [-0.2, 0) is 4.74 Å². The molecular weight excluding hydrogens is 133 g/mol. The van der Waals surface area contributed by atoms with Gasteiger partial charge in [0.2, 0.25) is 0 Å². The highest BCUT2D eigenvalue weighted by atomic mass is 19.1. The van der Waals surface area contributed by atoms with Crippen LogP contribution in [0.25, 0.3) is 0 Å². The number of rotatable bonds is 1. The smallest absolute Gasteiger partial charge is 0.127 e. The van der Waals surface area contributed by atoms with Crippen molar-refractivity contribution < 1.29 is 9.13 Å². The van der Waals surface area contributed by atoms with Crippen LogP contribution in [0.3, 0.4) is 0 Å². The van der Waals surface area contributed by atoms with Gasteiger partial charge in [-0.05, 0) is 6.42 Å². The number of nitrogens with zero attached hydrogens (tertiary/aromatic N) is 1.